The number of benzene rings is 1. The first-order chi connectivity index (χ1) is 9.54. The molecular formula is C14H18BrFN2O2. The molecule has 1 aromatic rings. The van der Waals surface area contributed by atoms with E-state index in [0.29, 0.717) is 17.6 Å². The van der Waals surface area contributed by atoms with Gasteiger partial charge in [0, 0.05) is 23.7 Å². The van der Waals surface area contributed by atoms with Gasteiger partial charge < -0.3 is 15.4 Å². The Hall–Kier alpha value is -1.14. The van der Waals surface area contributed by atoms with E-state index in [4.69, 9.17) is 4.74 Å². The molecule has 1 heterocycles. The lowest BCUT2D eigenvalue weighted by Crippen LogP contribution is -2.45. The highest BCUT2D eigenvalue weighted by atomic mass is 79.9. The molecule has 1 aliphatic rings. The number of hydrogen-bond acceptors (Lipinski definition) is 2. The minimum Gasteiger partial charge on any atom is -0.378 e. The monoisotopic (exact) mass is 344 g/mol. The van der Waals surface area contributed by atoms with Crippen molar-refractivity contribution in [1.29, 1.82) is 0 Å². The van der Waals surface area contributed by atoms with Crippen molar-refractivity contribution in [3.05, 3.63) is 34.1 Å². The van der Waals surface area contributed by atoms with Crippen LogP contribution in [0.1, 0.15) is 25.3 Å². The molecule has 0 unspecified atom stereocenters. The van der Waals surface area contributed by atoms with Gasteiger partial charge in [-0.15, -0.1) is 0 Å². The van der Waals surface area contributed by atoms with E-state index in [1.54, 1.807) is 6.07 Å². The predicted molar refractivity (Wildman–Crippen MR) is 77.9 cm³/mol. The van der Waals surface area contributed by atoms with E-state index in [1.165, 1.54) is 12.1 Å². The molecule has 2 amide bonds. The first-order valence-corrected chi connectivity index (χ1v) is 7.44. The van der Waals surface area contributed by atoms with Crippen molar-refractivity contribution >= 4 is 22.0 Å². The molecule has 0 radical (unpaired) electrons. The lowest BCUT2D eigenvalue weighted by atomic mass is 10.0. The third-order valence-corrected chi connectivity index (χ3v) is 4.01. The van der Waals surface area contributed by atoms with Crippen molar-refractivity contribution in [3.63, 3.8) is 0 Å². The largest absolute Gasteiger partial charge is 0.378 e. The fourth-order valence-electron chi connectivity index (χ4n) is 2.21. The summed E-state index contributed by atoms with van der Waals surface area (Å²) >= 11 is 3.28. The summed E-state index contributed by atoms with van der Waals surface area (Å²) in [6, 6.07) is 4.35. The molecule has 0 bridgehead atoms. The summed E-state index contributed by atoms with van der Waals surface area (Å²) in [5.41, 5.74) is 0.835. The van der Waals surface area contributed by atoms with Crippen molar-refractivity contribution in [3.8, 4) is 0 Å². The van der Waals surface area contributed by atoms with Crippen molar-refractivity contribution < 1.29 is 13.9 Å². The van der Waals surface area contributed by atoms with E-state index in [0.717, 1.165) is 18.4 Å². The molecule has 1 aromatic carbocycles. The van der Waals surface area contributed by atoms with Gasteiger partial charge in [0.2, 0.25) is 0 Å². The smallest absolute Gasteiger partial charge is 0.315 e. The molecule has 6 heteroatoms. The van der Waals surface area contributed by atoms with Crippen LogP contribution in [0.2, 0.25) is 0 Å². The summed E-state index contributed by atoms with van der Waals surface area (Å²) in [5, 5.41) is 5.71. The van der Waals surface area contributed by atoms with Gasteiger partial charge in [-0.1, -0.05) is 22.0 Å². The van der Waals surface area contributed by atoms with Crippen molar-refractivity contribution in [2.24, 2.45) is 0 Å². The second-order valence-corrected chi connectivity index (χ2v) is 5.82. The minimum atomic E-state index is -0.304. The Morgan fingerprint density at radius 3 is 3.05 bits per heavy atom. The molecule has 1 fully saturated rings. The van der Waals surface area contributed by atoms with Gasteiger partial charge >= 0.3 is 6.03 Å². The molecule has 0 aromatic heterocycles. The maximum atomic E-state index is 13.0. The van der Waals surface area contributed by atoms with Crippen molar-refractivity contribution in [2.45, 2.75) is 38.5 Å². The average Bonchev–Trinajstić information content (AvgIpc) is 2.37. The zero-order chi connectivity index (χ0) is 14.5. The Labute approximate surface area is 126 Å². The third kappa shape index (κ3) is 4.45. The highest BCUT2D eigenvalue weighted by Crippen LogP contribution is 2.18. The highest BCUT2D eigenvalue weighted by molar-refractivity contribution is 9.10. The van der Waals surface area contributed by atoms with E-state index < -0.39 is 0 Å². The van der Waals surface area contributed by atoms with E-state index in [9.17, 15) is 9.18 Å². The van der Waals surface area contributed by atoms with Gasteiger partial charge in [-0.05, 0) is 37.5 Å². The molecule has 0 spiro atoms. The van der Waals surface area contributed by atoms with Crippen LogP contribution >= 0.6 is 15.9 Å². The SMILES string of the molecule is C[C@H]1C[C@@H](NC(=O)NCc2ccc(F)cc2Br)CCO1. The number of carbonyl (C=O) groups excluding carboxylic acids is 1. The van der Waals surface area contributed by atoms with Gasteiger partial charge in [0.15, 0.2) is 0 Å². The molecule has 1 saturated heterocycles. The van der Waals surface area contributed by atoms with Crippen LogP contribution in [0.4, 0.5) is 9.18 Å². The predicted octanol–water partition coefficient (Wildman–Crippen LogP) is 2.95. The molecular weight excluding hydrogens is 327 g/mol. The number of urea groups is 1. The van der Waals surface area contributed by atoms with Crippen LogP contribution < -0.4 is 10.6 Å². The molecule has 20 heavy (non-hydrogen) atoms. The second kappa shape index (κ2) is 7.04. The first-order valence-electron chi connectivity index (χ1n) is 6.64. The fourth-order valence-corrected chi connectivity index (χ4v) is 2.70. The zero-order valence-corrected chi connectivity index (χ0v) is 12.9. The highest BCUT2D eigenvalue weighted by Gasteiger charge is 2.20. The number of carbonyl (C=O) groups is 1. The molecule has 2 N–H and O–H groups in total. The zero-order valence-electron chi connectivity index (χ0n) is 11.3. The molecule has 2 rings (SSSR count). The van der Waals surface area contributed by atoms with Crippen LogP contribution in [-0.4, -0.2) is 24.8 Å². The first kappa shape index (κ1) is 15.3. The van der Waals surface area contributed by atoms with Gasteiger partial charge in [0.05, 0.1) is 6.10 Å². The maximum absolute atomic E-state index is 13.0. The Morgan fingerprint density at radius 2 is 2.35 bits per heavy atom. The average molecular weight is 345 g/mol. The molecule has 1 aliphatic heterocycles. The van der Waals surface area contributed by atoms with Crippen LogP contribution in [0.25, 0.3) is 0 Å². The summed E-state index contributed by atoms with van der Waals surface area (Å²) in [4.78, 5) is 11.8. The van der Waals surface area contributed by atoms with Crippen LogP contribution in [0, 0.1) is 5.82 Å². The van der Waals surface area contributed by atoms with Gasteiger partial charge in [0.1, 0.15) is 5.82 Å². The number of rotatable bonds is 3. The van der Waals surface area contributed by atoms with E-state index in [-0.39, 0.29) is 24.0 Å². The molecule has 0 saturated carbocycles. The van der Waals surface area contributed by atoms with Crippen molar-refractivity contribution in [2.75, 3.05) is 6.61 Å². The summed E-state index contributed by atoms with van der Waals surface area (Å²) in [7, 11) is 0. The van der Waals surface area contributed by atoms with E-state index in [1.807, 2.05) is 6.92 Å². The molecule has 110 valence electrons. The lowest BCUT2D eigenvalue weighted by Gasteiger charge is -2.27. The number of ether oxygens (including phenoxy) is 1. The molecule has 4 nitrogen and oxygen atoms in total. The summed E-state index contributed by atoms with van der Waals surface area (Å²) in [5.74, 6) is -0.304. The topological polar surface area (TPSA) is 50.4 Å². The van der Waals surface area contributed by atoms with Crippen LogP contribution in [0.5, 0.6) is 0 Å². The Morgan fingerprint density at radius 1 is 1.55 bits per heavy atom. The summed E-state index contributed by atoms with van der Waals surface area (Å²) < 4.78 is 19.0. The second-order valence-electron chi connectivity index (χ2n) is 4.97. The number of halogens is 2. The Kier molecular flexibility index (Phi) is 5.37. The third-order valence-electron chi connectivity index (χ3n) is 3.27. The van der Waals surface area contributed by atoms with Crippen LogP contribution in [-0.2, 0) is 11.3 Å². The Balaban J connectivity index is 1.80. The van der Waals surface area contributed by atoms with Gasteiger partial charge in [0.25, 0.3) is 0 Å². The Bertz CT molecular complexity index is 484. The minimum absolute atomic E-state index is 0.149. The van der Waals surface area contributed by atoms with E-state index >= 15 is 0 Å². The summed E-state index contributed by atoms with van der Waals surface area (Å²) in [6.07, 6.45) is 1.84. The van der Waals surface area contributed by atoms with Gasteiger partial charge in [-0.25, -0.2) is 9.18 Å². The van der Waals surface area contributed by atoms with Crippen molar-refractivity contribution in [1.82, 2.24) is 10.6 Å². The van der Waals surface area contributed by atoms with E-state index in [2.05, 4.69) is 26.6 Å². The maximum Gasteiger partial charge on any atom is 0.315 e. The quantitative estimate of drug-likeness (QED) is 0.885. The number of hydrogen-bond donors (Lipinski definition) is 2. The van der Waals surface area contributed by atoms with Gasteiger partial charge in [-0.2, -0.15) is 0 Å². The van der Waals surface area contributed by atoms with Crippen LogP contribution in [0.3, 0.4) is 0 Å². The summed E-state index contributed by atoms with van der Waals surface area (Å²) in [6.45, 7) is 3.03. The number of amides is 2. The fraction of sp³-hybridized carbons (Fsp3) is 0.500. The molecule has 2 atom stereocenters. The number of nitrogens with one attached hydrogen (secondary N) is 2. The molecule has 0 aliphatic carbocycles. The normalized spacial score (nSPS) is 22.4. The van der Waals surface area contributed by atoms with Crippen LogP contribution in [0.15, 0.2) is 22.7 Å². The lowest BCUT2D eigenvalue weighted by molar-refractivity contribution is 0.0154. The van der Waals surface area contributed by atoms with Gasteiger partial charge in [-0.3, -0.25) is 0 Å². The standard InChI is InChI=1S/C14H18BrFN2O2/c1-9-6-12(4-5-20-9)18-14(19)17-8-10-2-3-11(16)7-13(10)15/h2-3,7,9,12H,4-6,8H2,1H3,(H2,17,18,19)/t9-,12-/m0/s1.